The smallest absolute Gasteiger partial charge is 0.300 e. The zero-order chi connectivity index (χ0) is 10.8. The molecule has 0 aliphatic heterocycles. The molecular weight excluding hydrogens is 192 g/mol. The molecule has 0 unspecified atom stereocenters. The van der Waals surface area contributed by atoms with Gasteiger partial charge in [-0.05, 0) is 25.7 Å². The topological polar surface area (TPSA) is 54.9 Å². The highest BCUT2D eigenvalue weighted by Gasteiger charge is 2.16. The van der Waals surface area contributed by atoms with E-state index >= 15 is 0 Å². The lowest BCUT2D eigenvalue weighted by molar-refractivity contribution is 0.442. The Balaban J connectivity index is 2.24. The molecule has 0 saturated heterocycles. The lowest BCUT2D eigenvalue weighted by atomic mass is 10.1. The summed E-state index contributed by atoms with van der Waals surface area (Å²) in [6, 6.07) is 0. The third-order valence-corrected chi connectivity index (χ3v) is 3.12. The van der Waals surface area contributed by atoms with Crippen LogP contribution in [0.5, 0.6) is 0 Å². The first-order chi connectivity index (χ1) is 7.16. The van der Waals surface area contributed by atoms with E-state index in [2.05, 4.69) is 4.98 Å². The van der Waals surface area contributed by atoms with Crippen LogP contribution in [0.25, 0.3) is 0 Å². The Morgan fingerprint density at radius 2 is 2.07 bits per heavy atom. The van der Waals surface area contributed by atoms with Crippen molar-refractivity contribution in [2.45, 2.75) is 39.2 Å². The first-order valence-corrected chi connectivity index (χ1v) is 5.47. The molecule has 2 rings (SSSR count). The molecule has 1 saturated carbocycles. The average Bonchev–Trinajstić information content (AvgIpc) is 2.67. The van der Waals surface area contributed by atoms with E-state index in [0.717, 1.165) is 6.54 Å². The standard InChI is InChI=1S/C11H16N2O2/c1-8-6-13(11(15)12-10(8)14)7-9-4-2-3-5-9/h6,9H,2-5,7H2,1H3,(H,12,14,15). The molecule has 0 atom stereocenters. The van der Waals surface area contributed by atoms with Crippen LogP contribution in [0.4, 0.5) is 0 Å². The number of rotatable bonds is 2. The van der Waals surface area contributed by atoms with Crippen LogP contribution in [-0.4, -0.2) is 9.55 Å². The van der Waals surface area contributed by atoms with Crippen LogP contribution in [0, 0.1) is 12.8 Å². The van der Waals surface area contributed by atoms with Gasteiger partial charge in [-0.2, -0.15) is 0 Å². The van der Waals surface area contributed by atoms with Gasteiger partial charge in [0.15, 0.2) is 0 Å². The summed E-state index contributed by atoms with van der Waals surface area (Å²) in [6.07, 6.45) is 6.60. The molecule has 4 heteroatoms. The minimum atomic E-state index is -0.280. The fourth-order valence-corrected chi connectivity index (χ4v) is 2.23. The van der Waals surface area contributed by atoms with Crippen molar-refractivity contribution in [2.24, 2.45) is 5.92 Å². The van der Waals surface area contributed by atoms with Crippen molar-refractivity contribution < 1.29 is 0 Å². The van der Waals surface area contributed by atoms with Gasteiger partial charge in [-0.25, -0.2) is 4.79 Å². The Morgan fingerprint density at radius 1 is 1.40 bits per heavy atom. The second kappa shape index (κ2) is 4.04. The largest absolute Gasteiger partial charge is 0.328 e. The number of H-pyrrole nitrogens is 1. The van der Waals surface area contributed by atoms with Gasteiger partial charge in [0.25, 0.3) is 5.56 Å². The first kappa shape index (κ1) is 10.2. The second-order valence-electron chi connectivity index (χ2n) is 4.37. The number of hydrogen-bond acceptors (Lipinski definition) is 2. The maximum Gasteiger partial charge on any atom is 0.328 e. The molecule has 1 aliphatic rings. The van der Waals surface area contributed by atoms with Crippen LogP contribution in [-0.2, 0) is 6.54 Å². The van der Waals surface area contributed by atoms with Crippen molar-refractivity contribution in [3.8, 4) is 0 Å². The van der Waals surface area contributed by atoms with E-state index in [-0.39, 0.29) is 11.2 Å². The van der Waals surface area contributed by atoms with Gasteiger partial charge in [-0.3, -0.25) is 9.78 Å². The number of nitrogens with zero attached hydrogens (tertiary/aromatic N) is 1. The molecule has 1 aromatic rings. The van der Waals surface area contributed by atoms with E-state index in [1.165, 1.54) is 25.7 Å². The summed E-state index contributed by atoms with van der Waals surface area (Å²) in [7, 11) is 0. The van der Waals surface area contributed by atoms with Crippen LogP contribution in [0.1, 0.15) is 31.2 Å². The van der Waals surface area contributed by atoms with Crippen LogP contribution in [0.2, 0.25) is 0 Å². The Hall–Kier alpha value is -1.32. The average molecular weight is 208 g/mol. The van der Waals surface area contributed by atoms with Crippen LogP contribution < -0.4 is 11.2 Å². The van der Waals surface area contributed by atoms with Gasteiger partial charge in [-0.1, -0.05) is 12.8 Å². The molecule has 82 valence electrons. The van der Waals surface area contributed by atoms with Gasteiger partial charge in [0.05, 0.1) is 0 Å². The second-order valence-corrected chi connectivity index (χ2v) is 4.37. The third kappa shape index (κ3) is 2.19. The Bertz CT molecular complexity index is 452. The van der Waals surface area contributed by atoms with Crippen molar-refractivity contribution >= 4 is 0 Å². The molecule has 4 nitrogen and oxygen atoms in total. The summed E-state index contributed by atoms with van der Waals surface area (Å²) in [5.41, 5.74) is 0.0489. The quantitative estimate of drug-likeness (QED) is 0.789. The molecular formula is C11H16N2O2. The predicted octanol–water partition coefficient (Wildman–Crippen LogP) is 1.04. The van der Waals surface area contributed by atoms with Crippen molar-refractivity contribution in [3.63, 3.8) is 0 Å². The number of aromatic nitrogens is 2. The van der Waals surface area contributed by atoms with Crippen LogP contribution in [0.15, 0.2) is 15.8 Å². The highest BCUT2D eigenvalue weighted by Crippen LogP contribution is 2.25. The summed E-state index contributed by atoms with van der Waals surface area (Å²) in [6.45, 7) is 2.47. The molecule has 0 aromatic carbocycles. The lowest BCUT2D eigenvalue weighted by Crippen LogP contribution is -2.32. The normalized spacial score (nSPS) is 17.1. The molecule has 15 heavy (non-hydrogen) atoms. The maximum absolute atomic E-state index is 11.5. The van der Waals surface area contributed by atoms with E-state index in [4.69, 9.17) is 0 Å². The summed E-state index contributed by atoms with van der Waals surface area (Å²) in [5.74, 6) is 0.605. The molecule has 1 aliphatic carbocycles. The molecule has 0 radical (unpaired) electrons. The number of nitrogens with one attached hydrogen (secondary N) is 1. The Morgan fingerprint density at radius 3 is 2.73 bits per heavy atom. The highest BCUT2D eigenvalue weighted by atomic mass is 16.2. The van der Waals surface area contributed by atoms with Crippen LogP contribution >= 0.6 is 0 Å². The fourth-order valence-electron chi connectivity index (χ4n) is 2.23. The van der Waals surface area contributed by atoms with Gasteiger partial charge < -0.3 is 4.57 Å². The Labute approximate surface area is 88.0 Å². The monoisotopic (exact) mass is 208 g/mol. The van der Waals surface area contributed by atoms with Crippen LogP contribution in [0.3, 0.4) is 0 Å². The number of aromatic amines is 1. The van der Waals surface area contributed by atoms with E-state index in [0.29, 0.717) is 11.5 Å². The zero-order valence-corrected chi connectivity index (χ0v) is 8.95. The van der Waals surface area contributed by atoms with E-state index < -0.39 is 0 Å². The molecule has 1 fully saturated rings. The zero-order valence-electron chi connectivity index (χ0n) is 8.95. The Kier molecular flexibility index (Phi) is 2.75. The molecule has 0 spiro atoms. The number of hydrogen-bond donors (Lipinski definition) is 1. The molecule has 1 aromatic heterocycles. The lowest BCUT2D eigenvalue weighted by Gasteiger charge is -2.11. The maximum atomic E-state index is 11.5. The van der Waals surface area contributed by atoms with Gasteiger partial charge in [0.1, 0.15) is 0 Å². The summed E-state index contributed by atoms with van der Waals surface area (Å²) >= 11 is 0. The van der Waals surface area contributed by atoms with Crippen molar-refractivity contribution in [1.29, 1.82) is 0 Å². The van der Waals surface area contributed by atoms with Crippen molar-refractivity contribution in [2.75, 3.05) is 0 Å². The van der Waals surface area contributed by atoms with Gasteiger partial charge in [-0.15, -0.1) is 0 Å². The highest BCUT2D eigenvalue weighted by molar-refractivity contribution is 5.00. The van der Waals surface area contributed by atoms with Crippen molar-refractivity contribution in [3.05, 3.63) is 32.6 Å². The molecule has 1 heterocycles. The number of aryl methyl sites for hydroxylation is 1. The van der Waals surface area contributed by atoms with Gasteiger partial charge in [0, 0.05) is 18.3 Å². The summed E-state index contributed by atoms with van der Waals surface area (Å²) in [5, 5.41) is 0. The first-order valence-electron chi connectivity index (χ1n) is 5.47. The fraction of sp³-hybridized carbons (Fsp3) is 0.636. The molecule has 0 bridgehead atoms. The predicted molar refractivity (Wildman–Crippen MR) is 58.0 cm³/mol. The van der Waals surface area contributed by atoms with Gasteiger partial charge in [0.2, 0.25) is 0 Å². The SMILES string of the molecule is Cc1cn(CC2CCCC2)c(=O)[nH]c1=O. The third-order valence-electron chi connectivity index (χ3n) is 3.12. The van der Waals surface area contributed by atoms with E-state index in [1.54, 1.807) is 17.7 Å². The van der Waals surface area contributed by atoms with Gasteiger partial charge >= 0.3 is 5.69 Å². The molecule has 0 amide bonds. The summed E-state index contributed by atoms with van der Waals surface area (Å²) < 4.78 is 1.63. The van der Waals surface area contributed by atoms with E-state index in [9.17, 15) is 9.59 Å². The van der Waals surface area contributed by atoms with E-state index in [1.807, 2.05) is 0 Å². The minimum Gasteiger partial charge on any atom is -0.300 e. The van der Waals surface area contributed by atoms with Crippen molar-refractivity contribution in [1.82, 2.24) is 9.55 Å². The minimum absolute atomic E-state index is 0.275. The molecule has 1 N–H and O–H groups in total. The summed E-state index contributed by atoms with van der Waals surface area (Å²) in [4.78, 5) is 25.0.